The highest BCUT2D eigenvalue weighted by Crippen LogP contribution is 2.12. The van der Waals surface area contributed by atoms with Crippen LogP contribution in [-0.4, -0.2) is 56.3 Å². The fraction of sp³-hybridized carbons (Fsp3) is 0.533. The molecule has 1 fully saturated rings. The van der Waals surface area contributed by atoms with Crippen LogP contribution in [0, 0.1) is 5.82 Å². The number of carbonyl (C=O) groups excluding carboxylic acids is 1. The van der Waals surface area contributed by atoms with E-state index in [1.54, 1.807) is 11.0 Å². The standard InChI is InChI=1S/C15H22FN3O3S/c1-2-7-17-23(21,22)19-9-4-8-18(10-11-19)15(20)13-5-3-6-14(16)12-13/h3,5-6,12,17H,2,4,7-11H2,1H3. The van der Waals surface area contributed by atoms with Gasteiger partial charge in [0.05, 0.1) is 0 Å². The molecule has 1 amide bonds. The summed E-state index contributed by atoms with van der Waals surface area (Å²) in [7, 11) is -3.50. The van der Waals surface area contributed by atoms with Crippen LogP contribution in [0.2, 0.25) is 0 Å². The van der Waals surface area contributed by atoms with Crippen LogP contribution in [0.5, 0.6) is 0 Å². The first-order valence-corrected chi connectivity index (χ1v) is 9.17. The van der Waals surface area contributed by atoms with Crippen LogP contribution < -0.4 is 4.72 Å². The third-order valence-corrected chi connectivity index (χ3v) is 5.30. The predicted molar refractivity (Wildman–Crippen MR) is 85.7 cm³/mol. The summed E-state index contributed by atoms with van der Waals surface area (Å²) in [5, 5.41) is 0. The van der Waals surface area contributed by atoms with Gasteiger partial charge in [-0.2, -0.15) is 12.7 Å². The predicted octanol–water partition coefficient (Wildman–Crippen LogP) is 1.22. The first-order valence-electron chi connectivity index (χ1n) is 7.73. The average molecular weight is 343 g/mol. The highest BCUT2D eigenvalue weighted by molar-refractivity contribution is 7.87. The molecule has 1 aliphatic rings. The minimum absolute atomic E-state index is 0.236. The van der Waals surface area contributed by atoms with Gasteiger partial charge in [-0.25, -0.2) is 9.11 Å². The number of hydrogen-bond donors (Lipinski definition) is 1. The minimum atomic E-state index is -3.50. The maximum Gasteiger partial charge on any atom is 0.279 e. The highest BCUT2D eigenvalue weighted by atomic mass is 32.2. The van der Waals surface area contributed by atoms with Crippen molar-refractivity contribution in [3.05, 3.63) is 35.6 Å². The van der Waals surface area contributed by atoms with Gasteiger partial charge in [0.2, 0.25) is 0 Å². The van der Waals surface area contributed by atoms with Crippen molar-refractivity contribution in [3.8, 4) is 0 Å². The zero-order chi connectivity index (χ0) is 16.9. The molecule has 0 atom stereocenters. The van der Waals surface area contributed by atoms with Crippen molar-refractivity contribution >= 4 is 16.1 Å². The zero-order valence-corrected chi connectivity index (χ0v) is 14.0. The van der Waals surface area contributed by atoms with Crippen molar-refractivity contribution in [2.75, 3.05) is 32.7 Å². The Hall–Kier alpha value is -1.51. The Morgan fingerprint density at radius 3 is 2.74 bits per heavy atom. The van der Waals surface area contributed by atoms with E-state index >= 15 is 0 Å². The van der Waals surface area contributed by atoms with Crippen LogP contribution in [-0.2, 0) is 10.2 Å². The molecule has 0 bridgehead atoms. The van der Waals surface area contributed by atoms with Gasteiger partial charge in [-0.3, -0.25) is 4.79 Å². The van der Waals surface area contributed by atoms with E-state index in [4.69, 9.17) is 0 Å². The van der Waals surface area contributed by atoms with E-state index in [2.05, 4.69) is 4.72 Å². The Labute approximate surface area is 136 Å². The maximum absolute atomic E-state index is 13.2. The van der Waals surface area contributed by atoms with Crippen molar-refractivity contribution in [2.45, 2.75) is 19.8 Å². The fourth-order valence-corrected chi connectivity index (χ4v) is 3.80. The molecule has 2 rings (SSSR count). The molecule has 0 radical (unpaired) electrons. The normalized spacial score (nSPS) is 17.0. The van der Waals surface area contributed by atoms with Gasteiger partial charge in [0.25, 0.3) is 16.1 Å². The van der Waals surface area contributed by atoms with Gasteiger partial charge >= 0.3 is 0 Å². The van der Waals surface area contributed by atoms with Crippen LogP contribution in [0.3, 0.4) is 0 Å². The lowest BCUT2D eigenvalue weighted by Crippen LogP contribution is -2.43. The number of carbonyl (C=O) groups is 1. The third kappa shape index (κ3) is 4.73. The summed E-state index contributed by atoms with van der Waals surface area (Å²) in [4.78, 5) is 14.0. The topological polar surface area (TPSA) is 69.7 Å². The Balaban J connectivity index is 2.02. The second kappa shape index (κ2) is 7.85. The molecular weight excluding hydrogens is 321 g/mol. The van der Waals surface area contributed by atoms with Crippen LogP contribution >= 0.6 is 0 Å². The molecule has 1 heterocycles. The third-order valence-electron chi connectivity index (χ3n) is 3.69. The molecule has 1 N–H and O–H groups in total. The Morgan fingerprint density at radius 1 is 1.26 bits per heavy atom. The second-order valence-corrected chi connectivity index (χ2v) is 7.21. The molecule has 0 aliphatic carbocycles. The first-order chi connectivity index (χ1) is 10.9. The molecule has 1 aliphatic heterocycles. The lowest BCUT2D eigenvalue weighted by molar-refractivity contribution is 0.0763. The smallest absolute Gasteiger partial charge is 0.279 e. The lowest BCUT2D eigenvalue weighted by Gasteiger charge is -2.22. The molecule has 0 saturated carbocycles. The van der Waals surface area contributed by atoms with Gasteiger partial charge in [0.15, 0.2) is 0 Å². The molecule has 8 heteroatoms. The van der Waals surface area contributed by atoms with Crippen molar-refractivity contribution in [2.24, 2.45) is 0 Å². The van der Waals surface area contributed by atoms with Crippen molar-refractivity contribution in [1.82, 2.24) is 13.9 Å². The van der Waals surface area contributed by atoms with Gasteiger partial charge < -0.3 is 4.90 Å². The Morgan fingerprint density at radius 2 is 2.04 bits per heavy atom. The summed E-state index contributed by atoms with van der Waals surface area (Å²) in [6.45, 7) is 3.64. The molecule has 6 nitrogen and oxygen atoms in total. The van der Waals surface area contributed by atoms with Crippen molar-refractivity contribution in [3.63, 3.8) is 0 Å². The van der Waals surface area contributed by atoms with E-state index in [0.717, 1.165) is 6.42 Å². The van der Waals surface area contributed by atoms with Gasteiger partial charge in [-0.05, 0) is 31.0 Å². The SMILES string of the molecule is CCCNS(=O)(=O)N1CCCN(C(=O)c2cccc(F)c2)CC1. The molecule has 23 heavy (non-hydrogen) atoms. The summed E-state index contributed by atoms with van der Waals surface area (Å²) in [6.07, 6.45) is 1.27. The van der Waals surface area contributed by atoms with E-state index < -0.39 is 16.0 Å². The number of amides is 1. The van der Waals surface area contributed by atoms with E-state index in [1.165, 1.54) is 22.5 Å². The van der Waals surface area contributed by atoms with Crippen LogP contribution in [0.1, 0.15) is 30.1 Å². The molecule has 1 saturated heterocycles. The maximum atomic E-state index is 13.2. The van der Waals surface area contributed by atoms with E-state index in [9.17, 15) is 17.6 Å². The molecule has 1 aromatic rings. The summed E-state index contributed by atoms with van der Waals surface area (Å²) >= 11 is 0. The summed E-state index contributed by atoms with van der Waals surface area (Å²) < 4.78 is 41.4. The van der Waals surface area contributed by atoms with E-state index in [-0.39, 0.29) is 18.0 Å². The number of rotatable bonds is 5. The lowest BCUT2D eigenvalue weighted by atomic mass is 10.2. The van der Waals surface area contributed by atoms with Crippen molar-refractivity contribution < 1.29 is 17.6 Å². The van der Waals surface area contributed by atoms with Gasteiger partial charge in [-0.1, -0.05) is 13.0 Å². The first kappa shape index (κ1) is 17.8. The van der Waals surface area contributed by atoms with E-state index in [0.29, 0.717) is 32.6 Å². The number of hydrogen-bond acceptors (Lipinski definition) is 3. The molecule has 1 aromatic carbocycles. The Bertz CT molecular complexity index is 651. The number of benzene rings is 1. The summed E-state index contributed by atoms with van der Waals surface area (Å²) in [5.74, 6) is -0.732. The number of nitrogens with one attached hydrogen (secondary N) is 1. The van der Waals surface area contributed by atoms with Gasteiger partial charge in [0, 0.05) is 38.3 Å². The van der Waals surface area contributed by atoms with Gasteiger partial charge in [0.1, 0.15) is 5.82 Å². The average Bonchev–Trinajstić information content (AvgIpc) is 2.79. The van der Waals surface area contributed by atoms with E-state index in [1.807, 2.05) is 6.92 Å². The summed E-state index contributed by atoms with van der Waals surface area (Å²) in [6, 6.07) is 5.54. The molecule has 0 spiro atoms. The Kier molecular flexibility index (Phi) is 6.09. The van der Waals surface area contributed by atoms with Crippen LogP contribution in [0.4, 0.5) is 4.39 Å². The van der Waals surface area contributed by atoms with Gasteiger partial charge in [-0.15, -0.1) is 0 Å². The summed E-state index contributed by atoms with van der Waals surface area (Å²) in [5.41, 5.74) is 0.283. The molecular formula is C15H22FN3O3S. The minimum Gasteiger partial charge on any atom is -0.337 e. The van der Waals surface area contributed by atoms with Crippen LogP contribution in [0.15, 0.2) is 24.3 Å². The highest BCUT2D eigenvalue weighted by Gasteiger charge is 2.26. The van der Waals surface area contributed by atoms with Crippen LogP contribution in [0.25, 0.3) is 0 Å². The molecule has 0 unspecified atom stereocenters. The largest absolute Gasteiger partial charge is 0.337 e. The quantitative estimate of drug-likeness (QED) is 0.874. The fourth-order valence-electron chi connectivity index (χ4n) is 2.46. The second-order valence-electron chi connectivity index (χ2n) is 5.45. The number of nitrogens with zero attached hydrogens (tertiary/aromatic N) is 2. The monoisotopic (exact) mass is 343 g/mol. The molecule has 0 aromatic heterocycles. The molecule has 128 valence electrons. The zero-order valence-electron chi connectivity index (χ0n) is 13.2. The number of halogens is 1. The van der Waals surface area contributed by atoms with Crippen molar-refractivity contribution in [1.29, 1.82) is 0 Å².